The highest BCUT2D eigenvalue weighted by molar-refractivity contribution is 7.18. The molecule has 3 aromatic rings. The van der Waals surface area contributed by atoms with Crippen molar-refractivity contribution in [2.45, 2.75) is 13.0 Å². The lowest BCUT2D eigenvalue weighted by atomic mass is 10.2. The Kier molecular flexibility index (Phi) is 5.54. The van der Waals surface area contributed by atoms with Gasteiger partial charge in [-0.25, -0.2) is 4.98 Å². The number of likely N-dealkylation sites (N-methyl/N-ethyl adjacent to an activating group) is 1. The topological polar surface area (TPSA) is 62.3 Å². The average Bonchev–Trinajstić information content (AvgIpc) is 3.09. The van der Waals surface area contributed by atoms with Crippen molar-refractivity contribution in [1.29, 1.82) is 0 Å². The molecular weight excluding hydrogens is 370 g/mol. The first kappa shape index (κ1) is 18.4. The highest BCUT2D eigenvalue weighted by Crippen LogP contribution is 2.28. The van der Waals surface area contributed by atoms with Crippen LogP contribution in [0.4, 0.5) is 0 Å². The predicted molar refractivity (Wildman–Crippen MR) is 105 cm³/mol. The molecule has 0 aliphatic carbocycles. The van der Waals surface area contributed by atoms with Crippen LogP contribution in [0.3, 0.4) is 0 Å². The number of para-hydroxylation sites is 1. The van der Waals surface area contributed by atoms with E-state index < -0.39 is 0 Å². The van der Waals surface area contributed by atoms with E-state index in [9.17, 15) is 9.59 Å². The number of fused-ring (bicyclic) bond motifs is 1. The Balaban J connectivity index is 1.61. The molecule has 0 bridgehead atoms. The summed E-state index contributed by atoms with van der Waals surface area (Å²) in [6, 6.07) is 14.2. The predicted octanol–water partition coefficient (Wildman–Crippen LogP) is 3.90. The maximum Gasteiger partial charge on any atom is 0.251 e. The smallest absolute Gasteiger partial charge is 0.251 e. The summed E-state index contributed by atoms with van der Waals surface area (Å²) >= 11 is 7.38. The summed E-state index contributed by atoms with van der Waals surface area (Å²) in [6.45, 7) is 1.85. The third-order valence-corrected chi connectivity index (χ3v) is 5.61. The molecule has 3 rings (SSSR count). The third kappa shape index (κ3) is 4.03. The van der Waals surface area contributed by atoms with Gasteiger partial charge in [-0.1, -0.05) is 23.7 Å². The van der Waals surface area contributed by atoms with Gasteiger partial charge in [-0.2, -0.15) is 0 Å². The molecule has 0 fully saturated rings. The van der Waals surface area contributed by atoms with Gasteiger partial charge in [0.15, 0.2) is 0 Å². The first-order chi connectivity index (χ1) is 12.5. The van der Waals surface area contributed by atoms with Gasteiger partial charge in [0.25, 0.3) is 5.91 Å². The summed E-state index contributed by atoms with van der Waals surface area (Å²) in [5.41, 5.74) is 1.39. The van der Waals surface area contributed by atoms with Crippen LogP contribution in [0, 0.1) is 0 Å². The van der Waals surface area contributed by atoms with Crippen LogP contribution in [0.5, 0.6) is 0 Å². The zero-order valence-corrected chi connectivity index (χ0v) is 16.0. The van der Waals surface area contributed by atoms with Crippen molar-refractivity contribution in [2.24, 2.45) is 0 Å². The SMILES string of the molecule is CC(c1nc2ccccc2s1)N(C)C(=O)CNC(=O)c1ccc(Cl)cc1. The van der Waals surface area contributed by atoms with E-state index in [0.717, 1.165) is 15.2 Å². The summed E-state index contributed by atoms with van der Waals surface area (Å²) in [6.07, 6.45) is 0. The fraction of sp³-hybridized carbons (Fsp3) is 0.211. The molecule has 0 spiro atoms. The van der Waals surface area contributed by atoms with E-state index in [2.05, 4.69) is 10.3 Å². The molecule has 0 radical (unpaired) electrons. The van der Waals surface area contributed by atoms with E-state index >= 15 is 0 Å². The van der Waals surface area contributed by atoms with Gasteiger partial charge in [0.05, 0.1) is 22.8 Å². The van der Waals surface area contributed by atoms with Crippen LogP contribution in [0.2, 0.25) is 5.02 Å². The van der Waals surface area contributed by atoms with Gasteiger partial charge >= 0.3 is 0 Å². The number of nitrogens with zero attached hydrogens (tertiary/aromatic N) is 2. The second-order valence-corrected chi connectivity index (χ2v) is 7.39. The van der Waals surface area contributed by atoms with E-state index in [1.165, 1.54) is 0 Å². The highest BCUT2D eigenvalue weighted by atomic mass is 35.5. The molecule has 134 valence electrons. The van der Waals surface area contributed by atoms with Crippen LogP contribution in [0.25, 0.3) is 10.2 Å². The van der Waals surface area contributed by atoms with Crippen molar-refractivity contribution in [1.82, 2.24) is 15.2 Å². The number of hydrogen-bond acceptors (Lipinski definition) is 4. The summed E-state index contributed by atoms with van der Waals surface area (Å²) < 4.78 is 1.09. The molecule has 2 aromatic carbocycles. The zero-order valence-electron chi connectivity index (χ0n) is 14.4. The minimum Gasteiger partial charge on any atom is -0.343 e. The lowest BCUT2D eigenvalue weighted by Gasteiger charge is -2.23. The van der Waals surface area contributed by atoms with Crippen LogP contribution in [-0.2, 0) is 4.79 Å². The highest BCUT2D eigenvalue weighted by Gasteiger charge is 2.21. The van der Waals surface area contributed by atoms with Gasteiger partial charge in [-0.15, -0.1) is 11.3 Å². The second kappa shape index (κ2) is 7.85. The number of rotatable bonds is 5. The quantitative estimate of drug-likeness (QED) is 0.722. The van der Waals surface area contributed by atoms with Gasteiger partial charge in [0.1, 0.15) is 5.01 Å². The lowest BCUT2D eigenvalue weighted by molar-refractivity contribution is -0.130. The van der Waals surface area contributed by atoms with Crippen LogP contribution < -0.4 is 5.32 Å². The summed E-state index contributed by atoms with van der Waals surface area (Å²) in [4.78, 5) is 30.7. The second-order valence-electron chi connectivity index (χ2n) is 5.89. The normalized spacial score (nSPS) is 12.0. The largest absolute Gasteiger partial charge is 0.343 e. The summed E-state index contributed by atoms with van der Waals surface area (Å²) in [5, 5.41) is 4.07. The van der Waals surface area contributed by atoms with E-state index in [-0.39, 0.29) is 24.4 Å². The van der Waals surface area contributed by atoms with Crippen molar-refractivity contribution < 1.29 is 9.59 Å². The molecule has 0 saturated heterocycles. The van der Waals surface area contributed by atoms with E-state index in [4.69, 9.17) is 11.6 Å². The van der Waals surface area contributed by atoms with Crippen molar-refractivity contribution in [3.63, 3.8) is 0 Å². The number of aromatic nitrogens is 1. The number of carbonyl (C=O) groups excluding carboxylic acids is 2. The molecule has 5 nitrogen and oxygen atoms in total. The van der Waals surface area contributed by atoms with Crippen LogP contribution in [-0.4, -0.2) is 35.3 Å². The van der Waals surface area contributed by atoms with Gasteiger partial charge in [0, 0.05) is 17.6 Å². The van der Waals surface area contributed by atoms with Crippen molar-refractivity contribution in [2.75, 3.05) is 13.6 Å². The number of hydrogen-bond donors (Lipinski definition) is 1. The molecule has 1 atom stereocenters. The van der Waals surface area contributed by atoms with Gasteiger partial charge in [-0.3, -0.25) is 9.59 Å². The van der Waals surface area contributed by atoms with E-state index in [0.29, 0.717) is 10.6 Å². The Hall–Kier alpha value is -2.44. The number of halogens is 1. The van der Waals surface area contributed by atoms with Crippen LogP contribution in [0.15, 0.2) is 48.5 Å². The molecule has 1 heterocycles. The van der Waals surface area contributed by atoms with Crippen molar-refractivity contribution in [3.05, 3.63) is 64.1 Å². The minimum atomic E-state index is -0.309. The first-order valence-corrected chi connectivity index (χ1v) is 9.30. The summed E-state index contributed by atoms with van der Waals surface area (Å²) in [5.74, 6) is -0.491. The third-order valence-electron chi connectivity index (χ3n) is 4.15. The standard InChI is InChI=1S/C19H18ClN3O2S/c1-12(19-22-15-5-3-4-6-16(15)26-19)23(2)17(24)11-21-18(25)13-7-9-14(20)10-8-13/h3-10,12H,11H2,1-2H3,(H,21,25). The van der Waals surface area contributed by atoms with E-state index in [1.807, 2.05) is 31.2 Å². The molecule has 0 aliphatic heterocycles. The molecule has 7 heteroatoms. The Morgan fingerprint density at radius 3 is 2.58 bits per heavy atom. The first-order valence-electron chi connectivity index (χ1n) is 8.10. The Morgan fingerprint density at radius 1 is 1.19 bits per heavy atom. The maximum absolute atomic E-state index is 12.4. The molecule has 1 unspecified atom stereocenters. The Bertz CT molecular complexity index is 906. The fourth-order valence-electron chi connectivity index (χ4n) is 2.43. The molecule has 26 heavy (non-hydrogen) atoms. The van der Waals surface area contributed by atoms with Gasteiger partial charge in [-0.05, 0) is 43.3 Å². The monoisotopic (exact) mass is 387 g/mol. The number of nitrogens with one attached hydrogen (secondary N) is 1. The number of carbonyl (C=O) groups is 2. The fourth-order valence-corrected chi connectivity index (χ4v) is 3.62. The van der Waals surface area contributed by atoms with Crippen molar-refractivity contribution >= 4 is 45.0 Å². The molecule has 0 aliphatic rings. The maximum atomic E-state index is 12.4. The minimum absolute atomic E-state index is 0.0762. The number of benzene rings is 2. The Labute approximate surface area is 160 Å². The lowest BCUT2D eigenvalue weighted by Crippen LogP contribution is -2.39. The average molecular weight is 388 g/mol. The van der Waals surface area contributed by atoms with Crippen molar-refractivity contribution in [3.8, 4) is 0 Å². The van der Waals surface area contributed by atoms with Gasteiger partial charge < -0.3 is 10.2 Å². The van der Waals surface area contributed by atoms with Crippen LogP contribution in [0.1, 0.15) is 28.3 Å². The molecular formula is C19H18ClN3O2S. The summed E-state index contributed by atoms with van der Waals surface area (Å²) in [7, 11) is 1.72. The van der Waals surface area contributed by atoms with Gasteiger partial charge in [0.2, 0.25) is 5.91 Å². The molecule has 2 amide bonds. The van der Waals surface area contributed by atoms with Crippen LogP contribution >= 0.6 is 22.9 Å². The number of thiazole rings is 1. The Morgan fingerprint density at radius 2 is 1.88 bits per heavy atom. The zero-order chi connectivity index (χ0) is 18.7. The molecule has 1 aromatic heterocycles. The van der Waals surface area contributed by atoms with E-state index in [1.54, 1.807) is 47.5 Å². The number of amides is 2. The molecule has 1 N–H and O–H groups in total. The molecule has 0 saturated carbocycles.